The number of benzene rings is 1. The van der Waals surface area contributed by atoms with Crippen molar-refractivity contribution in [3.63, 3.8) is 0 Å². The number of phenolic OH excluding ortho intramolecular Hbond substituents is 1. The number of furan rings is 1. The van der Waals surface area contributed by atoms with E-state index in [1.54, 1.807) is 39.2 Å². The molecule has 0 aliphatic carbocycles. The highest BCUT2D eigenvalue weighted by Gasteiger charge is 2.29. The Morgan fingerprint density at radius 2 is 2.07 bits per heavy atom. The number of amides is 1. The average Bonchev–Trinajstić information content (AvgIpc) is 3.28. The third kappa shape index (κ3) is 4.35. The minimum absolute atomic E-state index is 0.0494. The number of hydrogen-bond donors (Lipinski definition) is 3. The lowest BCUT2D eigenvalue weighted by atomic mass is 10.1. The molecule has 0 spiro atoms. The zero-order valence-corrected chi connectivity index (χ0v) is 17.4. The zero-order valence-electron chi connectivity index (χ0n) is 16.6. The van der Waals surface area contributed by atoms with Gasteiger partial charge in [-0.05, 0) is 36.8 Å². The zero-order chi connectivity index (χ0) is 22.1. The normalized spacial score (nSPS) is 17.2. The molecule has 2 aromatic rings. The number of rotatable bonds is 5. The molecule has 1 aliphatic rings. The van der Waals surface area contributed by atoms with Crippen LogP contribution >= 0.6 is 0 Å². The van der Waals surface area contributed by atoms with Crippen molar-refractivity contribution in [2.75, 3.05) is 19.4 Å². The van der Waals surface area contributed by atoms with Gasteiger partial charge in [-0.15, -0.1) is 4.40 Å². The molecule has 0 radical (unpaired) electrons. The molecular formula is C19H21N5O5S. The highest BCUT2D eigenvalue weighted by atomic mass is 32.2. The third-order valence-electron chi connectivity index (χ3n) is 4.12. The van der Waals surface area contributed by atoms with Gasteiger partial charge in [-0.3, -0.25) is 4.79 Å². The second kappa shape index (κ2) is 8.03. The van der Waals surface area contributed by atoms with E-state index in [0.717, 1.165) is 0 Å². The van der Waals surface area contributed by atoms with Crippen molar-refractivity contribution in [1.82, 2.24) is 9.62 Å². The van der Waals surface area contributed by atoms with Crippen LogP contribution in [0.5, 0.6) is 5.75 Å². The van der Waals surface area contributed by atoms with E-state index in [0.29, 0.717) is 11.3 Å². The number of anilines is 1. The lowest BCUT2D eigenvalue weighted by molar-refractivity contribution is 0.0824. The molecule has 30 heavy (non-hydrogen) atoms. The van der Waals surface area contributed by atoms with Gasteiger partial charge < -0.3 is 19.7 Å². The molecule has 1 atom stereocenters. The Hall–Kier alpha value is -3.60. The van der Waals surface area contributed by atoms with E-state index < -0.39 is 22.2 Å². The molecule has 1 aliphatic heterocycles. The van der Waals surface area contributed by atoms with Gasteiger partial charge in [0.15, 0.2) is 17.4 Å². The number of para-hydroxylation sites is 1. The predicted octanol–water partition coefficient (Wildman–Crippen LogP) is 2.06. The van der Waals surface area contributed by atoms with Gasteiger partial charge in [-0.1, -0.05) is 12.6 Å². The Morgan fingerprint density at radius 1 is 1.33 bits per heavy atom. The number of amidine groups is 2. The van der Waals surface area contributed by atoms with Crippen molar-refractivity contribution in [3.8, 4) is 5.75 Å². The van der Waals surface area contributed by atoms with Crippen LogP contribution in [0, 0.1) is 0 Å². The second-order valence-electron chi connectivity index (χ2n) is 6.79. The quantitative estimate of drug-likeness (QED) is 0.490. The molecule has 10 nitrogen and oxygen atoms in total. The molecule has 11 heteroatoms. The predicted molar refractivity (Wildman–Crippen MR) is 113 cm³/mol. The Bertz CT molecular complexity index is 1150. The molecule has 0 unspecified atom stereocenters. The molecule has 2 heterocycles. The van der Waals surface area contributed by atoms with Gasteiger partial charge in [-0.2, -0.15) is 8.42 Å². The lowest BCUT2D eigenvalue weighted by Gasteiger charge is -2.15. The molecule has 1 amide bonds. The minimum atomic E-state index is -4.03. The average molecular weight is 431 g/mol. The molecule has 0 saturated carbocycles. The van der Waals surface area contributed by atoms with E-state index in [9.17, 15) is 18.3 Å². The lowest BCUT2D eigenvalue weighted by Crippen LogP contribution is -2.31. The van der Waals surface area contributed by atoms with Crippen LogP contribution in [0.15, 0.2) is 62.6 Å². The van der Waals surface area contributed by atoms with Gasteiger partial charge >= 0.3 is 10.2 Å². The first-order chi connectivity index (χ1) is 14.1. The minimum Gasteiger partial charge on any atom is -0.505 e. The second-order valence-corrected chi connectivity index (χ2v) is 8.12. The van der Waals surface area contributed by atoms with Gasteiger partial charge in [0.25, 0.3) is 5.91 Å². The first-order valence-corrected chi connectivity index (χ1v) is 10.2. The van der Waals surface area contributed by atoms with E-state index in [2.05, 4.69) is 26.0 Å². The van der Waals surface area contributed by atoms with E-state index >= 15 is 0 Å². The number of aromatic hydroxyl groups is 1. The molecular weight excluding hydrogens is 410 g/mol. The fourth-order valence-corrected chi connectivity index (χ4v) is 3.52. The van der Waals surface area contributed by atoms with Crippen molar-refractivity contribution >= 4 is 33.5 Å². The highest BCUT2D eigenvalue weighted by Crippen LogP contribution is 2.30. The van der Waals surface area contributed by atoms with Crippen molar-refractivity contribution in [1.29, 1.82) is 0 Å². The molecule has 0 bridgehead atoms. The molecule has 1 aromatic heterocycles. The van der Waals surface area contributed by atoms with Crippen LogP contribution in [0.4, 0.5) is 5.69 Å². The van der Waals surface area contributed by atoms with Gasteiger partial charge in [0.05, 0.1) is 17.5 Å². The summed E-state index contributed by atoms with van der Waals surface area (Å²) in [7, 11) is -0.926. The van der Waals surface area contributed by atoms with Gasteiger partial charge in [0.2, 0.25) is 0 Å². The fraction of sp³-hybridized carbons (Fsp3) is 0.211. The highest BCUT2D eigenvalue weighted by molar-refractivity contribution is 7.89. The Labute approximate surface area is 173 Å². The summed E-state index contributed by atoms with van der Waals surface area (Å²) in [5.74, 6) is -0.503. The van der Waals surface area contributed by atoms with Crippen LogP contribution < -0.4 is 10.0 Å². The topological polar surface area (TPSA) is 137 Å². The number of aliphatic imine (C=N–C) groups is 1. The van der Waals surface area contributed by atoms with E-state index in [1.165, 1.54) is 23.3 Å². The molecule has 3 rings (SSSR count). The Balaban J connectivity index is 1.99. The summed E-state index contributed by atoms with van der Waals surface area (Å²) in [4.78, 5) is 17.9. The van der Waals surface area contributed by atoms with E-state index in [-0.39, 0.29) is 28.7 Å². The molecule has 0 fully saturated rings. The number of nitrogens with one attached hydrogen (secondary N) is 2. The van der Waals surface area contributed by atoms with Crippen molar-refractivity contribution < 1.29 is 22.7 Å². The van der Waals surface area contributed by atoms with Crippen LogP contribution in [0.3, 0.4) is 0 Å². The summed E-state index contributed by atoms with van der Waals surface area (Å²) in [6.45, 7) is 5.60. The monoisotopic (exact) mass is 431 g/mol. The largest absolute Gasteiger partial charge is 0.505 e. The first kappa shape index (κ1) is 21.1. The molecule has 1 aromatic carbocycles. The molecule has 0 saturated heterocycles. The molecule has 3 N–H and O–H groups in total. The number of hydrogen-bond acceptors (Lipinski definition) is 7. The van der Waals surface area contributed by atoms with E-state index in [4.69, 9.17) is 4.42 Å². The molecule has 158 valence electrons. The van der Waals surface area contributed by atoms with Crippen molar-refractivity contribution in [3.05, 3.63) is 60.1 Å². The third-order valence-corrected chi connectivity index (χ3v) is 5.00. The Kier molecular flexibility index (Phi) is 5.65. The van der Waals surface area contributed by atoms with Crippen LogP contribution in [0.1, 0.15) is 29.1 Å². The summed E-state index contributed by atoms with van der Waals surface area (Å²) in [5.41, 5.74) is 0.760. The van der Waals surface area contributed by atoms with Gasteiger partial charge in [0, 0.05) is 14.1 Å². The summed E-state index contributed by atoms with van der Waals surface area (Å²) >= 11 is 0. The van der Waals surface area contributed by atoms with Crippen LogP contribution in [-0.4, -0.2) is 50.1 Å². The van der Waals surface area contributed by atoms with Crippen LogP contribution in [0.25, 0.3) is 0 Å². The van der Waals surface area contributed by atoms with Crippen molar-refractivity contribution in [2.45, 2.75) is 13.0 Å². The smallest absolute Gasteiger partial charge is 0.345 e. The fourth-order valence-electron chi connectivity index (χ4n) is 2.70. The maximum Gasteiger partial charge on any atom is 0.345 e. The standard InChI is InChI=1S/C19H21N5O5S/c1-11(2)15(14-9-6-10-29-14)21-18-17(22-30(27,28)23-18)20-13-8-5-7-12(16(13)25)19(26)24(3)4/h5-10,15,25H,1H2,2-4H3,(H,20,22)(H,21,23)/t15-/m1/s1. The van der Waals surface area contributed by atoms with Crippen LogP contribution in [-0.2, 0) is 10.2 Å². The number of nitrogens with zero attached hydrogens (tertiary/aromatic N) is 3. The summed E-state index contributed by atoms with van der Waals surface area (Å²) in [5, 5.41) is 13.2. The first-order valence-electron chi connectivity index (χ1n) is 8.79. The van der Waals surface area contributed by atoms with Gasteiger partial charge in [0.1, 0.15) is 11.8 Å². The van der Waals surface area contributed by atoms with E-state index in [1.807, 2.05) is 0 Å². The number of carbonyl (C=O) groups excluding carboxylic acids is 1. The van der Waals surface area contributed by atoms with Crippen molar-refractivity contribution in [2.24, 2.45) is 9.39 Å². The maximum absolute atomic E-state index is 12.2. The number of phenols is 1. The Morgan fingerprint density at radius 3 is 2.67 bits per heavy atom. The number of carbonyl (C=O) groups is 1. The van der Waals surface area contributed by atoms with Gasteiger partial charge in [-0.25, -0.2) is 9.71 Å². The maximum atomic E-state index is 12.2. The van der Waals surface area contributed by atoms with Crippen LogP contribution in [0.2, 0.25) is 0 Å². The summed E-state index contributed by atoms with van der Waals surface area (Å²) in [6, 6.07) is 7.21. The summed E-state index contributed by atoms with van der Waals surface area (Å²) < 4.78 is 35.3. The SMILES string of the molecule is C=C(C)[C@@H](N=C1NS(=O)(=O)N=C1Nc1cccc(C(=O)N(C)C)c1O)c1ccco1. The summed E-state index contributed by atoms with van der Waals surface area (Å²) in [6.07, 6.45) is 1.48.